The van der Waals surface area contributed by atoms with Crippen LogP contribution in [0.2, 0.25) is 0 Å². The molecular formula is C28H31FN4O3. The Morgan fingerprint density at radius 2 is 1.58 bits per heavy atom. The summed E-state index contributed by atoms with van der Waals surface area (Å²) in [6.45, 7) is 7.45. The van der Waals surface area contributed by atoms with E-state index in [9.17, 15) is 18.8 Å². The van der Waals surface area contributed by atoms with Crippen LogP contribution in [-0.2, 0) is 14.4 Å². The molecule has 0 aliphatic rings. The molecule has 3 aromatic rings. The summed E-state index contributed by atoms with van der Waals surface area (Å²) in [4.78, 5) is 45.0. The molecule has 0 radical (unpaired) electrons. The lowest BCUT2D eigenvalue weighted by molar-refractivity contribution is -0.127. The van der Waals surface area contributed by atoms with Gasteiger partial charge in [-0.15, -0.1) is 0 Å². The van der Waals surface area contributed by atoms with Gasteiger partial charge in [-0.05, 0) is 75.2 Å². The van der Waals surface area contributed by atoms with E-state index in [0.29, 0.717) is 17.1 Å². The number of aryl methyl sites for hydroxylation is 2. The Hall–Kier alpha value is -4.07. The zero-order valence-corrected chi connectivity index (χ0v) is 20.9. The Morgan fingerprint density at radius 1 is 0.917 bits per heavy atom. The topological polar surface area (TPSA) is 91.4 Å². The number of rotatable bonds is 9. The Labute approximate surface area is 210 Å². The maximum absolute atomic E-state index is 13.7. The SMILES string of the molecule is Cc1ccc(N(C(=O)CCC(=O)Nc2cc(C)ccn2)C(C(=O)NC(C)C)c2ccc(F)cc2)cc1. The van der Waals surface area contributed by atoms with Crippen LogP contribution < -0.4 is 15.5 Å². The van der Waals surface area contributed by atoms with E-state index < -0.39 is 23.7 Å². The second kappa shape index (κ2) is 12.1. The van der Waals surface area contributed by atoms with Gasteiger partial charge in [0.15, 0.2) is 0 Å². The standard InChI is InChI=1S/C28H31FN4O3/c1-18(2)31-28(36)27(21-7-9-22(29)10-8-21)33(23-11-5-19(3)6-12-23)26(35)14-13-25(34)32-24-17-20(4)15-16-30-24/h5-12,15-18,27H,13-14H2,1-4H3,(H,31,36)(H,30,32,34). The van der Waals surface area contributed by atoms with Crippen molar-refractivity contribution in [3.8, 4) is 0 Å². The van der Waals surface area contributed by atoms with Crippen LogP contribution in [-0.4, -0.2) is 28.7 Å². The fraction of sp³-hybridized carbons (Fsp3) is 0.286. The number of nitrogens with one attached hydrogen (secondary N) is 2. The van der Waals surface area contributed by atoms with Crippen LogP contribution in [0.3, 0.4) is 0 Å². The van der Waals surface area contributed by atoms with Crippen LogP contribution in [0.5, 0.6) is 0 Å². The fourth-order valence-corrected chi connectivity index (χ4v) is 3.72. The minimum absolute atomic E-state index is 0.0985. The van der Waals surface area contributed by atoms with Gasteiger partial charge in [0, 0.05) is 30.8 Å². The molecule has 1 atom stereocenters. The molecule has 1 aromatic heterocycles. The van der Waals surface area contributed by atoms with Crippen molar-refractivity contribution in [2.45, 2.75) is 52.6 Å². The van der Waals surface area contributed by atoms with Gasteiger partial charge < -0.3 is 10.6 Å². The zero-order chi connectivity index (χ0) is 26.2. The van der Waals surface area contributed by atoms with Crippen LogP contribution >= 0.6 is 0 Å². The van der Waals surface area contributed by atoms with Crippen LogP contribution in [0.15, 0.2) is 66.9 Å². The van der Waals surface area contributed by atoms with Gasteiger partial charge >= 0.3 is 0 Å². The molecule has 3 rings (SSSR count). The van der Waals surface area contributed by atoms with Crippen LogP contribution in [0, 0.1) is 19.7 Å². The third-order valence-corrected chi connectivity index (χ3v) is 5.45. The van der Waals surface area contributed by atoms with Gasteiger partial charge in [-0.2, -0.15) is 0 Å². The van der Waals surface area contributed by atoms with Gasteiger partial charge in [-0.3, -0.25) is 19.3 Å². The number of amides is 3. The van der Waals surface area contributed by atoms with Crippen LogP contribution in [0.25, 0.3) is 0 Å². The molecule has 0 fully saturated rings. The first-order valence-electron chi connectivity index (χ1n) is 11.8. The molecule has 188 valence electrons. The third kappa shape index (κ3) is 7.21. The van der Waals surface area contributed by atoms with Crippen LogP contribution in [0.1, 0.15) is 49.4 Å². The van der Waals surface area contributed by atoms with Gasteiger partial charge in [0.25, 0.3) is 0 Å². The summed E-state index contributed by atoms with van der Waals surface area (Å²) in [5.74, 6) is -1.23. The van der Waals surface area contributed by atoms with Crippen LogP contribution in [0.4, 0.5) is 15.9 Å². The van der Waals surface area contributed by atoms with E-state index in [1.54, 1.807) is 24.4 Å². The van der Waals surface area contributed by atoms with Crippen molar-refractivity contribution >= 4 is 29.2 Å². The Bertz CT molecular complexity index is 1210. The van der Waals surface area contributed by atoms with E-state index in [4.69, 9.17) is 0 Å². The second-order valence-electron chi connectivity index (χ2n) is 8.98. The van der Waals surface area contributed by atoms with E-state index in [-0.39, 0.29) is 24.8 Å². The predicted molar refractivity (Wildman–Crippen MR) is 138 cm³/mol. The number of carbonyl (C=O) groups excluding carboxylic acids is 3. The molecule has 0 spiro atoms. The molecule has 1 heterocycles. The average molecular weight is 491 g/mol. The van der Waals surface area contributed by atoms with Crippen molar-refractivity contribution in [2.24, 2.45) is 0 Å². The first kappa shape index (κ1) is 26.5. The Kier molecular flexibility index (Phi) is 8.89. The lowest BCUT2D eigenvalue weighted by atomic mass is 10.0. The summed E-state index contributed by atoms with van der Waals surface area (Å²) < 4.78 is 13.7. The number of pyridine rings is 1. The lowest BCUT2D eigenvalue weighted by Crippen LogP contribution is -2.46. The van der Waals surface area contributed by atoms with E-state index in [1.807, 2.05) is 45.9 Å². The quantitative estimate of drug-likeness (QED) is 0.448. The van der Waals surface area contributed by atoms with Crippen molar-refractivity contribution in [3.63, 3.8) is 0 Å². The number of hydrogen-bond acceptors (Lipinski definition) is 4. The molecule has 2 aromatic carbocycles. The molecule has 0 aliphatic carbocycles. The van der Waals surface area contributed by atoms with E-state index in [2.05, 4.69) is 15.6 Å². The summed E-state index contributed by atoms with van der Waals surface area (Å²) in [5.41, 5.74) is 2.89. The Morgan fingerprint density at radius 3 is 2.19 bits per heavy atom. The monoisotopic (exact) mass is 490 g/mol. The van der Waals surface area contributed by atoms with Gasteiger partial charge in [-0.1, -0.05) is 29.8 Å². The zero-order valence-electron chi connectivity index (χ0n) is 20.9. The molecule has 0 bridgehead atoms. The van der Waals surface area contributed by atoms with E-state index in [0.717, 1.165) is 11.1 Å². The summed E-state index contributed by atoms with van der Waals surface area (Å²) in [6.07, 6.45) is 1.35. The molecular weight excluding hydrogens is 459 g/mol. The number of carbonyl (C=O) groups is 3. The van der Waals surface area contributed by atoms with Crippen molar-refractivity contribution < 1.29 is 18.8 Å². The largest absolute Gasteiger partial charge is 0.352 e. The molecule has 0 aliphatic heterocycles. The summed E-state index contributed by atoms with van der Waals surface area (Å²) >= 11 is 0. The fourth-order valence-electron chi connectivity index (χ4n) is 3.72. The highest BCUT2D eigenvalue weighted by atomic mass is 19.1. The molecule has 36 heavy (non-hydrogen) atoms. The number of aromatic nitrogens is 1. The number of benzene rings is 2. The Balaban J connectivity index is 1.91. The number of halogens is 1. The first-order chi connectivity index (χ1) is 17.1. The number of anilines is 2. The van der Waals surface area contributed by atoms with Crippen molar-refractivity contribution in [3.05, 3.63) is 89.4 Å². The third-order valence-electron chi connectivity index (χ3n) is 5.45. The predicted octanol–water partition coefficient (Wildman–Crippen LogP) is 4.86. The maximum Gasteiger partial charge on any atom is 0.248 e. The van der Waals surface area contributed by atoms with Gasteiger partial charge in [0.2, 0.25) is 17.7 Å². The maximum atomic E-state index is 13.7. The molecule has 7 nitrogen and oxygen atoms in total. The first-order valence-corrected chi connectivity index (χ1v) is 11.8. The summed E-state index contributed by atoms with van der Waals surface area (Å²) in [6, 6.07) is 15.0. The van der Waals surface area contributed by atoms with Gasteiger partial charge in [-0.25, -0.2) is 9.37 Å². The molecule has 0 saturated carbocycles. The highest BCUT2D eigenvalue weighted by Gasteiger charge is 2.33. The summed E-state index contributed by atoms with van der Waals surface area (Å²) in [5, 5.41) is 5.56. The smallest absolute Gasteiger partial charge is 0.248 e. The molecule has 1 unspecified atom stereocenters. The van der Waals surface area contributed by atoms with E-state index in [1.165, 1.54) is 29.2 Å². The minimum Gasteiger partial charge on any atom is -0.352 e. The average Bonchev–Trinajstić information content (AvgIpc) is 2.82. The van der Waals surface area contributed by atoms with Gasteiger partial charge in [0.1, 0.15) is 17.7 Å². The number of hydrogen-bond donors (Lipinski definition) is 2. The van der Waals surface area contributed by atoms with Crippen molar-refractivity contribution in [1.29, 1.82) is 0 Å². The van der Waals surface area contributed by atoms with Crippen molar-refractivity contribution in [2.75, 3.05) is 10.2 Å². The highest BCUT2D eigenvalue weighted by Crippen LogP contribution is 2.30. The number of nitrogens with zero attached hydrogens (tertiary/aromatic N) is 2. The highest BCUT2D eigenvalue weighted by molar-refractivity contribution is 6.03. The summed E-state index contributed by atoms with van der Waals surface area (Å²) in [7, 11) is 0. The molecule has 2 N–H and O–H groups in total. The lowest BCUT2D eigenvalue weighted by Gasteiger charge is -2.32. The van der Waals surface area contributed by atoms with Gasteiger partial charge in [0.05, 0.1) is 0 Å². The molecule has 3 amide bonds. The second-order valence-corrected chi connectivity index (χ2v) is 8.98. The van der Waals surface area contributed by atoms with Crippen molar-refractivity contribution in [1.82, 2.24) is 10.3 Å². The van der Waals surface area contributed by atoms with E-state index >= 15 is 0 Å². The normalized spacial score (nSPS) is 11.6. The molecule has 8 heteroatoms. The molecule has 0 saturated heterocycles. The minimum atomic E-state index is -1.05.